The number of terminal acetylenes is 1. The second kappa shape index (κ2) is 6.68. The summed E-state index contributed by atoms with van der Waals surface area (Å²) in [5.41, 5.74) is -0.932. The summed E-state index contributed by atoms with van der Waals surface area (Å²) >= 11 is 6.61. The van der Waals surface area contributed by atoms with E-state index >= 15 is 0 Å². The standard InChI is InChI=1S/C11H8ClF3N2OS/c1-2-3-16-9(18)6-19-10-8(12)4-7(5-17-10)11(13,14)15/h1,4-5H,3,6H2,(H,16,18). The number of amides is 1. The van der Waals surface area contributed by atoms with E-state index in [2.05, 4.69) is 16.2 Å². The van der Waals surface area contributed by atoms with Gasteiger partial charge < -0.3 is 5.32 Å². The lowest BCUT2D eigenvalue weighted by molar-refractivity contribution is -0.137. The van der Waals surface area contributed by atoms with Crippen molar-refractivity contribution in [2.24, 2.45) is 0 Å². The highest BCUT2D eigenvalue weighted by molar-refractivity contribution is 8.00. The molecule has 19 heavy (non-hydrogen) atoms. The van der Waals surface area contributed by atoms with Crippen molar-refractivity contribution in [3.8, 4) is 12.3 Å². The number of hydrogen-bond acceptors (Lipinski definition) is 3. The summed E-state index contributed by atoms with van der Waals surface area (Å²) in [4.78, 5) is 14.8. The number of pyridine rings is 1. The fraction of sp³-hybridized carbons (Fsp3) is 0.273. The molecule has 0 saturated heterocycles. The lowest BCUT2D eigenvalue weighted by atomic mass is 10.3. The van der Waals surface area contributed by atoms with Crippen LogP contribution in [-0.2, 0) is 11.0 Å². The summed E-state index contributed by atoms with van der Waals surface area (Å²) in [7, 11) is 0. The van der Waals surface area contributed by atoms with Crippen LogP contribution in [-0.4, -0.2) is 23.2 Å². The summed E-state index contributed by atoms with van der Waals surface area (Å²) in [6.07, 6.45) is 1.13. The zero-order valence-corrected chi connectivity index (χ0v) is 11.0. The van der Waals surface area contributed by atoms with Gasteiger partial charge in [-0.25, -0.2) is 4.98 Å². The maximum atomic E-state index is 12.4. The van der Waals surface area contributed by atoms with Crippen LogP contribution >= 0.6 is 23.4 Å². The molecule has 1 heterocycles. The van der Waals surface area contributed by atoms with Crippen LogP contribution in [0.2, 0.25) is 5.02 Å². The molecule has 0 spiro atoms. The molecule has 0 atom stereocenters. The van der Waals surface area contributed by atoms with Crippen molar-refractivity contribution in [2.75, 3.05) is 12.3 Å². The fourth-order valence-electron chi connectivity index (χ4n) is 1.02. The zero-order chi connectivity index (χ0) is 14.5. The van der Waals surface area contributed by atoms with Crippen LogP contribution < -0.4 is 5.32 Å². The second-order valence-electron chi connectivity index (χ2n) is 3.28. The number of carbonyl (C=O) groups excluding carboxylic acids is 1. The molecule has 1 aromatic rings. The number of carbonyl (C=O) groups is 1. The Kier molecular flexibility index (Phi) is 5.51. The van der Waals surface area contributed by atoms with Gasteiger partial charge in [0.05, 0.1) is 22.9 Å². The molecule has 3 nitrogen and oxygen atoms in total. The van der Waals surface area contributed by atoms with Gasteiger partial charge in [-0.3, -0.25) is 4.79 Å². The van der Waals surface area contributed by atoms with Crippen molar-refractivity contribution in [1.29, 1.82) is 0 Å². The van der Waals surface area contributed by atoms with Crippen LogP contribution in [0.3, 0.4) is 0 Å². The van der Waals surface area contributed by atoms with Gasteiger partial charge in [0.1, 0.15) is 5.03 Å². The first-order valence-corrected chi connectivity index (χ1v) is 6.26. The van der Waals surface area contributed by atoms with Crippen LogP contribution in [0.1, 0.15) is 5.56 Å². The predicted octanol–water partition coefficient (Wildman–Crippen LogP) is 2.60. The number of rotatable bonds is 4. The van der Waals surface area contributed by atoms with Crippen LogP contribution in [0.5, 0.6) is 0 Å². The van der Waals surface area contributed by atoms with Gasteiger partial charge in [0.25, 0.3) is 0 Å². The van der Waals surface area contributed by atoms with E-state index in [1.807, 2.05) is 0 Å². The molecular formula is C11H8ClF3N2OS. The topological polar surface area (TPSA) is 42.0 Å². The molecule has 1 rings (SSSR count). The fourth-order valence-corrected chi connectivity index (χ4v) is 2.05. The smallest absolute Gasteiger partial charge is 0.344 e. The Morgan fingerprint density at radius 3 is 2.79 bits per heavy atom. The first-order valence-electron chi connectivity index (χ1n) is 4.90. The molecule has 8 heteroatoms. The summed E-state index contributed by atoms with van der Waals surface area (Å²) in [6, 6.07) is 0.774. The number of alkyl halides is 3. The highest BCUT2D eigenvalue weighted by Crippen LogP contribution is 2.33. The molecule has 0 unspecified atom stereocenters. The van der Waals surface area contributed by atoms with E-state index in [9.17, 15) is 18.0 Å². The zero-order valence-electron chi connectivity index (χ0n) is 9.42. The summed E-state index contributed by atoms with van der Waals surface area (Å²) in [6.45, 7) is 0.0908. The number of halogens is 4. The molecule has 1 amide bonds. The number of nitrogens with zero attached hydrogens (tertiary/aromatic N) is 1. The Labute approximate surface area is 116 Å². The Balaban J connectivity index is 2.66. The van der Waals surface area contributed by atoms with Crippen molar-refractivity contribution in [1.82, 2.24) is 10.3 Å². The number of aromatic nitrogens is 1. The molecule has 102 valence electrons. The maximum Gasteiger partial charge on any atom is 0.417 e. The highest BCUT2D eigenvalue weighted by Gasteiger charge is 2.31. The van der Waals surface area contributed by atoms with Crippen molar-refractivity contribution in [3.63, 3.8) is 0 Å². The van der Waals surface area contributed by atoms with Gasteiger partial charge in [-0.15, -0.1) is 6.42 Å². The Morgan fingerprint density at radius 1 is 1.58 bits per heavy atom. The van der Waals surface area contributed by atoms with Gasteiger partial charge in [-0.05, 0) is 6.07 Å². The molecule has 1 N–H and O–H groups in total. The van der Waals surface area contributed by atoms with Crippen molar-refractivity contribution >= 4 is 29.3 Å². The van der Waals surface area contributed by atoms with Gasteiger partial charge in [0.2, 0.25) is 5.91 Å². The molecular weight excluding hydrogens is 301 g/mol. The highest BCUT2D eigenvalue weighted by atomic mass is 35.5. The number of thioether (sulfide) groups is 1. The van der Waals surface area contributed by atoms with Gasteiger partial charge >= 0.3 is 6.18 Å². The maximum absolute atomic E-state index is 12.4. The van der Waals surface area contributed by atoms with Crippen LogP contribution in [0.4, 0.5) is 13.2 Å². The average molecular weight is 309 g/mol. The third-order valence-corrected chi connectivity index (χ3v) is 3.27. The molecule has 0 radical (unpaired) electrons. The van der Waals surface area contributed by atoms with E-state index in [0.29, 0.717) is 6.20 Å². The Morgan fingerprint density at radius 2 is 2.26 bits per heavy atom. The van der Waals surface area contributed by atoms with Gasteiger partial charge in [0.15, 0.2) is 0 Å². The molecule has 0 fully saturated rings. The first kappa shape index (κ1) is 15.7. The quantitative estimate of drug-likeness (QED) is 0.687. The summed E-state index contributed by atoms with van der Waals surface area (Å²) in [5, 5.41) is 2.42. The van der Waals surface area contributed by atoms with Gasteiger partial charge in [-0.1, -0.05) is 29.3 Å². The van der Waals surface area contributed by atoms with Crippen molar-refractivity contribution in [2.45, 2.75) is 11.2 Å². The first-order chi connectivity index (χ1) is 8.84. The largest absolute Gasteiger partial charge is 0.417 e. The van der Waals surface area contributed by atoms with E-state index in [0.717, 1.165) is 17.8 Å². The molecule has 0 saturated carbocycles. The SMILES string of the molecule is C#CCNC(=O)CSc1ncc(C(F)(F)F)cc1Cl. The Bertz CT molecular complexity index is 514. The minimum Gasteiger partial charge on any atom is -0.344 e. The molecule has 0 aliphatic heterocycles. The summed E-state index contributed by atoms with van der Waals surface area (Å²) < 4.78 is 37.1. The third kappa shape index (κ3) is 5.01. The molecule has 0 aliphatic rings. The van der Waals surface area contributed by atoms with Gasteiger partial charge in [0, 0.05) is 6.20 Å². The summed E-state index contributed by atoms with van der Waals surface area (Å²) in [5.74, 6) is 1.85. The Hall–Kier alpha value is -1.39. The van der Waals surface area contributed by atoms with Crippen molar-refractivity contribution in [3.05, 3.63) is 22.8 Å². The molecule has 0 aliphatic carbocycles. The molecule has 0 aromatic carbocycles. The van der Waals surface area contributed by atoms with E-state index in [1.165, 1.54) is 0 Å². The van der Waals surface area contributed by atoms with E-state index < -0.39 is 11.7 Å². The van der Waals surface area contributed by atoms with E-state index in [-0.39, 0.29) is 28.3 Å². The van der Waals surface area contributed by atoms with Crippen LogP contribution in [0.25, 0.3) is 0 Å². The predicted molar refractivity (Wildman–Crippen MR) is 66.8 cm³/mol. The lowest BCUT2D eigenvalue weighted by Gasteiger charge is -2.08. The number of nitrogens with one attached hydrogen (secondary N) is 1. The third-order valence-electron chi connectivity index (χ3n) is 1.86. The number of hydrogen-bond donors (Lipinski definition) is 1. The minimum absolute atomic E-state index is 0.0280. The lowest BCUT2D eigenvalue weighted by Crippen LogP contribution is -2.25. The van der Waals surface area contributed by atoms with Crippen LogP contribution in [0.15, 0.2) is 17.3 Å². The average Bonchev–Trinajstić information content (AvgIpc) is 2.33. The molecule has 1 aromatic heterocycles. The van der Waals surface area contributed by atoms with E-state index in [1.54, 1.807) is 0 Å². The second-order valence-corrected chi connectivity index (χ2v) is 4.65. The molecule has 0 bridgehead atoms. The van der Waals surface area contributed by atoms with Crippen LogP contribution in [0, 0.1) is 12.3 Å². The minimum atomic E-state index is -4.50. The monoisotopic (exact) mass is 308 g/mol. The van der Waals surface area contributed by atoms with Crippen molar-refractivity contribution < 1.29 is 18.0 Å². The normalized spacial score (nSPS) is 10.9. The van der Waals surface area contributed by atoms with E-state index in [4.69, 9.17) is 18.0 Å². The van der Waals surface area contributed by atoms with Gasteiger partial charge in [-0.2, -0.15) is 13.2 Å².